The van der Waals surface area contributed by atoms with E-state index in [0.717, 1.165) is 31.8 Å². The number of aromatic nitrogens is 3. The van der Waals surface area contributed by atoms with Gasteiger partial charge in [-0.2, -0.15) is 5.10 Å². The molecule has 0 aromatic carbocycles. The van der Waals surface area contributed by atoms with E-state index in [1.165, 1.54) is 7.11 Å². The number of esters is 1. The number of pyridine rings is 1. The quantitative estimate of drug-likeness (QED) is 0.821. The number of hydrogen-bond donors (Lipinski definition) is 1. The minimum atomic E-state index is -0.399. The van der Waals surface area contributed by atoms with Crippen LogP contribution in [-0.4, -0.2) is 40.8 Å². The average molecular weight is 260 g/mol. The summed E-state index contributed by atoms with van der Waals surface area (Å²) in [5.41, 5.74) is 1.09. The Morgan fingerprint density at radius 3 is 3.21 bits per heavy atom. The molecule has 1 fully saturated rings. The second kappa shape index (κ2) is 4.97. The summed E-state index contributed by atoms with van der Waals surface area (Å²) in [5, 5.41) is 7.75. The first-order chi connectivity index (χ1) is 9.28. The molecule has 100 valence electrons. The lowest BCUT2D eigenvalue weighted by molar-refractivity contribution is 0.0591. The number of nitrogens with zero attached hydrogens (tertiary/aromatic N) is 3. The van der Waals surface area contributed by atoms with Crippen LogP contribution in [0.15, 0.2) is 18.2 Å². The first kappa shape index (κ1) is 12.1. The lowest BCUT2D eigenvalue weighted by Gasteiger charge is -2.03. The summed E-state index contributed by atoms with van der Waals surface area (Å²) in [6.45, 7) is 2.07. The molecular weight excluding hydrogens is 244 g/mol. The van der Waals surface area contributed by atoms with Crippen LogP contribution in [0.1, 0.15) is 22.7 Å². The van der Waals surface area contributed by atoms with Crippen LogP contribution < -0.4 is 5.32 Å². The molecule has 1 aliphatic rings. The number of fused-ring (bicyclic) bond motifs is 1. The monoisotopic (exact) mass is 260 g/mol. The highest BCUT2D eigenvalue weighted by Crippen LogP contribution is 2.14. The van der Waals surface area contributed by atoms with Gasteiger partial charge >= 0.3 is 5.97 Å². The van der Waals surface area contributed by atoms with E-state index in [2.05, 4.69) is 15.4 Å². The zero-order valence-electron chi connectivity index (χ0n) is 10.8. The number of ether oxygens (including phenoxy) is 1. The van der Waals surface area contributed by atoms with Crippen molar-refractivity contribution >= 4 is 11.6 Å². The summed E-state index contributed by atoms with van der Waals surface area (Å²) in [6, 6.07) is 5.32. The Kier molecular flexibility index (Phi) is 3.16. The molecule has 6 nitrogen and oxygen atoms in total. The SMILES string of the molecule is COC(=O)c1cccc2nc(CC3CCNC3)nn12. The van der Waals surface area contributed by atoms with Crippen molar-refractivity contribution in [2.75, 3.05) is 20.2 Å². The fourth-order valence-corrected chi connectivity index (χ4v) is 2.44. The van der Waals surface area contributed by atoms with Gasteiger partial charge in [0.25, 0.3) is 0 Å². The molecule has 1 aliphatic heterocycles. The van der Waals surface area contributed by atoms with Gasteiger partial charge in [0.05, 0.1) is 7.11 Å². The maximum atomic E-state index is 11.7. The standard InChI is InChI=1S/C13H16N4O2/c1-19-13(18)10-3-2-4-12-15-11(16-17(10)12)7-9-5-6-14-8-9/h2-4,9,14H,5-8H2,1H3. The van der Waals surface area contributed by atoms with Crippen molar-refractivity contribution in [2.24, 2.45) is 5.92 Å². The van der Waals surface area contributed by atoms with E-state index in [1.54, 1.807) is 16.6 Å². The van der Waals surface area contributed by atoms with Crippen molar-refractivity contribution in [3.63, 3.8) is 0 Å². The van der Waals surface area contributed by atoms with Crippen molar-refractivity contribution in [1.29, 1.82) is 0 Å². The second-order valence-electron chi connectivity index (χ2n) is 4.76. The predicted molar refractivity (Wildman–Crippen MR) is 69.0 cm³/mol. The topological polar surface area (TPSA) is 68.5 Å². The van der Waals surface area contributed by atoms with Crippen molar-refractivity contribution in [3.8, 4) is 0 Å². The lowest BCUT2D eigenvalue weighted by Crippen LogP contribution is -2.12. The molecule has 1 saturated heterocycles. The lowest BCUT2D eigenvalue weighted by atomic mass is 10.1. The first-order valence-corrected chi connectivity index (χ1v) is 6.41. The molecule has 2 aromatic heterocycles. The molecule has 3 rings (SSSR count). The Hall–Kier alpha value is -1.95. The maximum absolute atomic E-state index is 11.7. The average Bonchev–Trinajstić information content (AvgIpc) is 3.06. The third kappa shape index (κ3) is 2.31. The number of carbonyl (C=O) groups is 1. The van der Waals surface area contributed by atoms with E-state index in [1.807, 2.05) is 6.07 Å². The highest BCUT2D eigenvalue weighted by atomic mass is 16.5. The van der Waals surface area contributed by atoms with Crippen LogP contribution in [0.2, 0.25) is 0 Å². The predicted octanol–water partition coefficient (Wildman–Crippen LogP) is 0.668. The summed E-state index contributed by atoms with van der Waals surface area (Å²) in [7, 11) is 1.36. The largest absolute Gasteiger partial charge is 0.464 e. The van der Waals surface area contributed by atoms with Gasteiger partial charge in [0.15, 0.2) is 17.2 Å². The zero-order chi connectivity index (χ0) is 13.2. The van der Waals surface area contributed by atoms with Gasteiger partial charge in [-0.05, 0) is 37.6 Å². The van der Waals surface area contributed by atoms with Crippen LogP contribution in [-0.2, 0) is 11.2 Å². The van der Waals surface area contributed by atoms with Crippen molar-refractivity contribution in [2.45, 2.75) is 12.8 Å². The first-order valence-electron chi connectivity index (χ1n) is 6.41. The van der Waals surface area contributed by atoms with Crippen molar-refractivity contribution < 1.29 is 9.53 Å². The number of carbonyl (C=O) groups excluding carboxylic acids is 1. The van der Waals surface area contributed by atoms with Crippen LogP contribution >= 0.6 is 0 Å². The Morgan fingerprint density at radius 2 is 2.47 bits per heavy atom. The smallest absolute Gasteiger partial charge is 0.356 e. The molecule has 2 aromatic rings. The molecule has 6 heteroatoms. The van der Waals surface area contributed by atoms with Gasteiger partial charge in [0, 0.05) is 6.42 Å². The molecule has 0 aliphatic carbocycles. The van der Waals surface area contributed by atoms with Crippen LogP contribution in [0.3, 0.4) is 0 Å². The molecular formula is C13H16N4O2. The summed E-state index contributed by atoms with van der Waals surface area (Å²) in [5.74, 6) is 0.966. The van der Waals surface area contributed by atoms with E-state index in [0.29, 0.717) is 17.3 Å². The minimum absolute atomic E-state index is 0.399. The molecule has 0 spiro atoms. The molecule has 1 N–H and O–H groups in total. The fraction of sp³-hybridized carbons (Fsp3) is 0.462. The third-order valence-electron chi connectivity index (χ3n) is 3.43. The Morgan fingerprint density at radius 1 is 1.58 bits per heavy atom. The third-order valence-corrected chi connectivity index (χ3v) is 3.43. The molecule has 0 saturated carbocycles. The Balaban J connectivity index is 1.93. The highest BCUT2D eigenvalue weighted by molar-refractivity contribution is 5.88. The van der Waals surface area contributed by atoms with Crippen molar-refractivity contribution in [1.82, 2.24) is 19.9 Å². The van der Waals surface area contributed by atoms with E-state index in [-0.39, 0.29) is 0 Å². The summed E-state index contributed by atoms with van der Waals surface area (Å²) >= 11 is 0. The summed E-state index contributed by atoms with van der Waals surface area (Å²) in [4.78, 5) is 16.1. The van der Waals surface area contributed by atoms with Gasteiger partial charge in [0.1, 0.15) is 0 Å². The van der Waals surface area contributed by atoms with Gasteiger partial charge in [0.2, 0.25) is 0 Å². The van der Waals surface area contributed by atoms with Gasteiger partial charge in [-0.3, -0.25) is 0 Å². The molecule has 3 heterocycles. The summed E-state index contributed by atoms with van der Waals surface area (Å²) in [6.07, 6.45) is 1.99. The minimum Gasteiger partial charge on any atom is -0.464 e. The van der Waals surface area contributed by atoms with E-state index in [9.17, 15) is 4.79 Å². The van der Waals surface area contributed by atoms with Gasteiger partial charge in [-0.15, -0.1) is 0 Å². The molecule has 0 radical (unpaired) electrons. The number of methoxy groups -OCH3 is 1. The normalized spacial score (nSPS) is 18.9. The fourth-order valence-electron chi connectivity index (χ4n) is 2.44. The molecule has 0 amide bonds. The molecule has 19 heavy (non-hydrogen) atoms. The second-order valence-corrected chi connectivity index (χ2v) is 4.76. The number of rotatable bonds is 3. The van der Waals surface area contributed by atoms with Crippen LogP contribution in [0.5, 0.6) is 0 Å². The summed E-state index contributed by atoms with van der Waals surface area (Å²) < 4.78 is 6.31. The molecule has 1 unspecified atom stereocenters. The number of hydrogen-bond acceptors (Lipinski definition) is 5. The van der Waals surface area contributed by atoms with E-state index >= 15 is 0 Å². The van der Waals surface area contributed by atoms with E-state index in [4.69, 9.17) is 4.74 Å². The van der Waals surface area contributed by atoms with E-state index < -0.39 is 5.97 Å². The van der Waals surface area contributed by atoms with Crippen LogP contribution in [0.4, 0.5) is 0 Å². The van der Waals surface area contributed by atoms with Crippen LogP contribution in [0, 0.1) is 5.92 Å². The Bertz CT molecular complexity index is 602. The van der Waals surface area contributed by atoms with Crippen LogP contribution in [0.25, 0.3) is 5.65 Å². The molecule has 1 atom stereocenters. The van der Waals surface area contributed by atoms with Gasteiger partial charge in [-0.25, -0.2) is 14.3 Å². The Labute approximate surface area is 110 Å². The maximum Gasteiger partial charge on any atom is 0.356 e. The highest BCUT2D eigenvalue weighted by Gasteiger charge is 2.19. The van der Waals surface area contributed by atoms with Crippen molar-refractivity contribution in [3.05, 3.63) is 29.7 Å². The zero-order valence-corrected chi connectivity index (χ0v) is 10.8. The molecule has 0 bridgehead atoms. The number of nitrogens with one attached hydrogen (secondary N) is 1. The van der Waals surface area contributed by atoms with Gasteiger partial charge < -0.3 is 10.1 Å². The van der Waals surface area contributed by atoms with Gasteiger partial charge in [-0.1, -0.05) is 6.07 Å².